The lowest BCUT2D eigenvalue weighted by atomic mass is 9.98. The first-order valence-corrected chi connectivity index (χ1v) is 6.16. The molecule has 0 radical (unpaired) electrons. The van der Waals surface area contributed by atoms with Crippen LogP contribution in [0, 0.1) is 0 Å². The Balaban J connectivity index is 2.45. The van der Waals surface area contributed by atoms with Crippen molar-refractivity contribution in [3.8, 4) is 0 Å². The van der Waals surface area contributed by atoms with Gasteiger partial charge < -0.3 is 15.3 Å². The molecule has 0 bridgehead atoms. The second-order valence-electron chi connectivity index (χ2n) is 4.96. The zero-order valence-electron chi connectivity index (χ0n) is 10.9. The molecule has 1 rings (SSSR count). The van der Waals surface area contributed by atoms with Crippen LogP contribution in [0.4, 0.5) is 0 Å². The molecule has 2 N–H and O–H groups in total. The van der Waals surface area contributed by atoms with Crippen LogP contribution < -0.4 is 5.32 Å². The number of amides is 2. The number of aliphatic carboxylic acids is 1. The minimum Gasteiger partial charge on any atom is -0.481 e. The Morgan fingerprint density at radius 1 is 1.33 bits per heavy atom. The molecule has 1 heterocycles. The number of hydrogen-bond acceptors (Lipinski definition) is 3. The van der Waals surface area contributed by atoms with Crippen molar-refractivity contribution in [2.75, 3.05) is 13.1 Å². The van der Waals surface area contributed by atoms with Gasteiger partial charge in [-0.3, -0.25) is 14.4 Å². The van der Waals surface area contributed by atoms with Gasteiger partial charge in [0, 0.05) is 25.9 Å². The van der Waals surface area contributed by atoms with E-state index in [1.54, 1.807) is 18.7 Å². The third-order valence-electron chi connectivity index (χ3n) is 3.18. The van der Waals surface area contributed by atoms with Crippen molar-refractivity contribution in [3.63, 3.8) is 0 Å². The van der Waals surface area contributed by atoms with E-state index in [2.05, 4.69) is 5.32 Å². The molecule has 18 heavy (non-hydrogen) atoms. The lowest BCUT2D eigenvalue weighted by molar-refractivity contribution is -0.149. The first-order chi connectivity index (χ1) is 8.35. The number of carbonyl (C=O) groups excluding carboxylic acids is 2. The molecule has 2 amide bonds. The van der Waals surface area contributed by atoms with Crippen molar-refractivity contribution in [2.45, 2.75) is 45.1 Å². The Hall–Kier alpha value is -1.59. The van der Waals surface area contributed by atoms with Gasteiger partial charge in [-0.25, -0.2) is 0 Å². The van der Waals surface area contributed by atoms with Gasteiger partial charge in [-0.1, -0.05) is 0 Å². The Morgan fingerprint density at radius 2 is 1.94 bits per heavy atom. The molecule has 6 nitrogen and oxygen atoms in total. The number of hydrogen-bond donors (Lipinski definition) is 2. The van der Waals surface area contributed by atoms with Crippen molar-refractivity contribution in [1.29, 1.82) is 0 Å². The van der Waals surface area contributed by atoms with E-state index in [0.29, 0.717) is 32.4 Å². The summed E-state index contributed by atoms with van der Waals surface area (Å²) in [6.07, 6.45) is 1.40. The summed E-state index contributed by atoms with van der Waals surface area (Å²) in [5.74, 6) is -1.08. The normalized spacial score (nSPS) is 18.3. The third-order valence-corrected chi connectivity index (χ3v) is 3.18. The van der Waals surface area contributed by atoms with Crippen molar-refractivity contribution in [1.82, 2.24) is 10.2 Å². The predicted molar refractivity (Wildman–Crippen MR) is 64.9 cm³/mol. The van der Waals surface area contributed by atoms with E-state index in [9.17, 15) is 14.4 Å². The molecule has 0 unspecified atom stereocenters. The summed E-state index contributed by atoms with van der Waals surface area (Å²) in [5, 5.41) is 11.2. The quantitative estimate of drug-likeness (QED) is 0.696. The van der Waals surface area contributed by atoms with Gasteiger partial charge in [0.05, 0.1) is 0 Å². The van der Waals surface area contributed by atoms with E-state index >= 15 is 0 Å². The largest absolute Gasteiger partial charge is 0.481 e. The van der Waals surface area contributed by atoms with E-state index < -0.39 is 11.5 Å². The fraction of sp³-hybridized carbons (Fsp3) is 0.750. The molecule has 0 saturated carbocycles. The molecule has 0 atom stereocenters. The summed E-state index contributed by atoms with van der Waals surface area (Å²) in [7, 11) is 0. The Morgan fingerprint density at radius 3 is 2.56 bits per heavy atom. The molecule has 102 valence electrons. The molecule has 0 spiro atoms. The highest BCUT2D eigenvalue weighted by Gasteiger charge is 2.39. The Kier molecular flexibility index (Phi) is 4.69. The van der Waals surface area contributed by atoms with Crippen LogP contribution in [-0.2, 0) is 14.4 Å². The average molecular weight is 256 g/mol. The van der Waals surface area contributed by atoms with Crippen LogP contribution in [0.1, 0.15) is 39.5 Å². The monoisotopic (exact) mass is 256 g/mol. The lowest BCUT2D eigenvalue weighted by Gasteiger charge is -2.41. The van der Waals surface area contributed by atoms with E-state index in [0.717, 1.165) is 0 Å². The molecule has 0 aliphatic carbocycles. The van der Waals surface area contributed by atoms with Crippen LogP contribution in [0.5, 0.6) is 0 Å². The maximum Gasteiger partial charge on any atom is 0.303 e. The maximum absolute atomic E-state index is 12.0. The van der Waals surface area contributed by atoms with Gasteiger partial charge in [0.15, 0.2) is 0 Å². The molecule has 0 aromatic rings. The van der Waals surface area contributed by atoms with Crippen LogP contribution in [-0.4, -0.2) is 46.4 Å². The number of rotatable bonds is 5. The minimum absolute atomic E-state index is 0.0805. The summed E-state index contributed by atoms with van der Waals surface area (Å²) >= 11 is 0. The SMILES string of the molecule is CC1(C)C(=O)NCCN1C(=O)CCCCC(=O)O. The molecular weight excluding hydrogens is 236 g/mol. The number of carboxylic acids is 1. The number of nitrogens with one attached hydrogen (secondary N) is 1. The maximum atomic E-state index is 12.0. The molecular formula is C12H20N2O4. The van der Waals surface area contributed by atoms with E-state index in [-0.39, 0.29) is 18.2 Å². The third kappa shape index (κ3) is 3.45. The molecule has 0 aromatic heterocycles. The van der Waals surface area contributed by atoms with Crippen LogP contribution >= 0.6 is 0 Å². The van der Waals surface area contributed by atoms with Crippen molar-refractivity contribution in [3.05, 3.63) is 0 Å². The first-order valence-electron chi connectivity index (χ1n) is 6.16. The number of carbonyl (C=O) groups is 3. The standard InChI is InChI=1S/C12H20N2O4/c1-12(2)11(18)13-7-8-14(12)9(15)5-3-4-6-10(16)17/h3-8H2,1-2H3,(H,13,18)(H,16,17). The predicted octanol–water partition coefficient (Wildman–Crippen LogP) is 0.368. The number of carboxylic acid groups (broad SMARTS) is 1. The van der Waals surface area contributed by atoms with Gasteiger partial charge in [0.25, 0.3) is 0 Å². The minimum atomic E-state index is -0.847. The highest BCUT2D eigenvalue weighted by atomic mass is 16.4. The van der Waals surface area contributed by atoms with Crippen molar-refractivity contribution in [2.24, 2.45) is 0 Å². The van der Waals surface area contributed by atoms with Crippen molar-refractivity contribution >= 4 is 17.8 Å². The van der Waals surface area contributed by atoms with Gasteiger partial charge in [-0.05, 0) is 26.7 Å². The molecule has 0 aromatic carbocycles. The first kappa shape index (κ1) is 14.5. The highest BCUT2D eigenvalue weighted by molar-refractivity contribution is 5.91. The summed E-state index contributed by atoms with van der Waals surface area (Å²) in [5.41, 5.74) is -0.817. The van der Waals surface area contributed by atoms with E-state index in [1.807, 2.05) is 0 Å². The molecule has 1 saturated heterocycles. The molecule has 1 aliphatic heterocycles. The zero-order chi connectivity index (χ0) is 13.8. The van der Waals surface area contributed by atoms with Gasteiger partial charge in [0.1, 0.15) is 5.54 Å². The second kappa shape index (κ2) is 5.84. The van der Waals surface area contributed by atoms with Gasteiger partial charge in [-0.15, -0.1) is 0 Å². The fourth-order valence-electron chi connectivity index (χ4n) is 2.02. The van der Waals surface area contributed by atoms with Crippen LogP contribution in [0.25, 0.3) is 0 Å². The van der Waals surface area contributed by atoms with Gasteiger partial charge >= 0.3 is 5.97 Å². The average Bonchev–Trinajstić information content (AvgIpc) is 2.27. The summed E-state index contributed by atoms with van der Waals surface area (Å²) in [4.78, 5) is 35.6. The topological polar surface area (TPSA) is 86.7 Å². The lowest BCUT2D eigenvalue weighted by Crippen LogP contribution is -2.63. The summed E-state index contributed by atoms with van der Waals surface area (Å²) in [6, 6.07) is 0. The smallest absolute Gasteiger partial charge is 0.303 e. The molecule has 6 heteroatoms. The van der Waals surface area contributed by atoms with Gasteiger partial charge in [-0.2, -0.15) is 0 Å². The van der Waals surface area contributed by atoms with Crippen molar-refractivity contribution < 1.29 is 19.5 Å². The van der Waals surface area contributed by atoms with Gasteiger partial charge in [0.2, 0.25) is 11.8 Å². The van der Waals surface area contributed by atoms with E-state index in [1.165, 1.54) is 0 Å². The second-order valence-corrected chi connectivity index (χ2v) is 4.96. The highest BCUT2D eigenvalue weighted by Crippen LogP contribution is 2.19. The fourth-order valence-corrected chi connectivity index (χ4v) is 2.02. The van der Waals surface area contributed by atoms with E-state index in [4.69, 9.17) is 5.11 Å². The summed E-state index contributed by atoms with van der Waals surface area (Å²) < 4.78 is 0. The number of piperazine rings is 1. The number of nitrogens with zero attached hydrogens (tertiary/aromatic N) is 1. The Bertz CT molecular complexity index is 352. The van der Waals surface area contributed by atoms with Crippen LogP contribution in [0.3, 0.4) is 0 Å². The molecule has 1 aliphatic rings. The Labute approximate surface area is 106 Å². The molecule has 1 fully saturated rings. The van der Waals surface area contributed by atoms with Crippen LogP contribution in [0.15, 0.2) is 0 Å². The zero-order valence-corrected chi connectivity index (χ0v) is 10.9. The number of unbranched alkanes of at least 4 members (excludes halogenated alkanes) is 1. The summed E-state index contributed by atoms with van der Waals surface area (Å²) in [6.45, 7) is 4.42. The van der Waals surface area contributed by atoms with Crippen LogP contribution in [0.2, 0.25) is 0 Å².